The highest BCUT2D eigenvalue weighted by atomic mass is 16.5. The molecule has 0 spiro atoms. The Balaban J connectivity index is 1.91. The molecule has 0 heterocycles. The van der Waals surface area contributed by atoms with Crippen molar-refractivity contribution in [2.45, 2.75) is 50.7 Å². The molecule has 0 saturated heterocycles. The van der Waals surface area contributed by atoms with Crippen LogP contribution in [0.1, 0.15) is 50.1 Å². The maximum atomic E-state index is 6.24. The number of methoxy groups -OCH3 is 2. The van der Waals surface area contributed by atoms with Crippen LogP contribution in [-0.2, 0) is 4.74 Å². The number of hydrogen-bond donors (Lipinski definition) is 1. The fourth-order valence-corrected chi connectivity index (χ4v) is 2.83. The van der Waals surface area contributed by atoms with Crippen molar-refractivity contribution in [1.82, 2.24) is 0 Å². The molecule has 1 saturated carbocycles. The van der Waals surface area contributed by atoms with Gasteiger partial charge in [-0.05, 0) is 30.5 Å². The lowest BCUT2D eigenvalue weighted by atomic mass is 10.1. The zero-order valence-corrected chi connectivity index (χ0v) is 13.1. The first-order valence-electron chi connectivity index (χ1n) is 7.83. The van der Waals surface area contributed by atoms with E-state index in [1.54, 1.807) is 14.2 Å². The van der Waals surface area contributed by atoms with Crippen molar-refractivity contribution in [3.8, 4) is 11.5 Å². The Hall–Kier alpha value is -1.26. The predicted molar refractivity (Wildman–Crippen MR) is 83.9 cm³/mol. The van der Waals surface area contributed by atoms with E-state index in [2.05, 4.69) is 0 Å². The van der Waals surface area contributed by atoms with Gasteiger partial charge in [0.15, 0.2) is 11.5 Å². The topological polar surface area (TPSA) is 53.7 Å². The molecular weight excluding hydrogens is 266 g/mol. The van der Waals surface area contributed by atoms with Crippen LogP contribution < -0.4 is 15.2 Å². The molecule has 2 N–H and O–H groups in total. The van der Waals surface area contributed by atoms with Gasteiger partial charge >= 0.3 is 0 Å². The minimum absolute atomic E-state index is 0.131. The van der Waals surface area contributed by atoms with Crippen molar-refractivity contribution >= 4 is 0 Å². The molecule has 2 rings (SSSR count). The molecule has 1 fully saturated rings. The Morgan fingerprint density at radius 2 is 1.71 bits per heavy atom. The summed E-state index contributed by atoms with van der Waals surface area (Å²) in [7, 11) is 3.27. The quantitative estimate of drug-likeness (QED) is 0.816. The van der Waals surface area contributed by atoms with E-state index in [9.17, 15) is 0 Å². The van der Waals surface area contributed by atoms with E-state index in [1.807, 2.05) is 18.2 Å². The van der Waals surface area contributed by atoms with Crippen LogP contribution >= 0.6 is 0 Å². The molecule has 1 aliphatic rings. The molecule has 0 amide bonds. The van der Waals surface area contributed by atoms with Gasteiger partial charge in [-0.2, -0.15) is 0 Å². The molecule has 1 aromatic rings. The molecular formula is C17H27NO3. The summed E-state index contributed by atoms with van der Waals surface area (Å²) >= 11 is 0. The molecule has 0 bridgehead atoms. The van der Waals surface area contributed by atoms with Crippen molar-refractivity contribution in [3.63, 3.8) is 0 Å². The number of nitrogens with two attached hydrogens (primary N) is 1. The first kappa shape index (κ1) is 16.1. The first-order valence-corrected chi connectivity index (χ1v) is 7.83. The monoisotopic (exact) mass is 293 g/mol. The Labute approximate surface area is 127 Å². The SMILES string of the molecule is COc1ccc(C(N)COC2CCCCCC2)cc1OC. The van der Waals surface area contributed by atoms with Gasteiger partial charge in [-0.3, -0.25) is 0 Å². The molecule has 1 aromatic carbocycles. The van der Waals surface area contributed by atoms with Crippen molar-refractivity contribution in [2.24, 2.45) is 5.73 Å². The van der Waals surface area contributed by atoms with Crippen LogP contribution in [0, 0.1) is 0 Å². The molecule has 1 atom stereocenters. The minimum Gasteiger partial charge on any atom is -0.493 e. The van der Waals surface area contributed by atoms with E-state index >= 15 is 0 Å². The Kier molecular flexibility index (Phi) is 6.33. The third kappa shape index (κ3) is 4.61. The van der Waals surface area contributed by atoms with E-state index in [1.165, 1.54) is 38.5 Å². The Morgan fingerprint density at radius 3 is 2.33 bits per heavy atom. The summed E-state index contributed by atoms with van der Waals surface area (Å²) in [5.41, 5.74) is 7.26. The van der Waals surface area contributed by atoms with Crippen LogP contribution in [0.4, 0.5) is 0 Å². The van der Waals surface area contributed by atoms with Gasteiger partial charge in [0.1, 0.15) is 0 Å². The number of ether oxygens (including phenoxy) is 3. The lowest BCUT2D eigenvalue weighted by molar-refractivity contribution is 0.0345. The van der Waals surface area contributed by atoms with Crippen LogP contribution in [-0.4, -0.2) is 26.9 Å². The highest BCUT2D eigenvalue weighted by Crippen LogP contribution is 2.30. The number of hydrogen-bond acceptors (Lipinski definition) is 4. The summed E-state index contributed by atoms with van der Waals surface area (Å²) in [6.07, 6.45) is 7.92. The summed E-state index contributed by atoms with van der Waals surface area (Å²) in [5, 5.41) is 0. The maximum Gasteiger partial charge on any atom is 0.161 e. The van der Waals surface area contributed by atoms with Gasteiger partial charge in [0.05, 0.1) is 33.0 Å². The van der Waals surface area contributed by atoms with Crippen molar-refractivity contribution < 1.29 is 14.2 Å². The lowest BCUT2D eigenvalue weighted by Crippen LogP contribution is -2.22. The standard InChI is InChI=1S/C17H27NO3/c1-19-16-10-9-13(11-17(16)20-2)15(18)12-21-14-7-5-3-4-6-8-14/h9-11,14-15H,3-8,12,18H2,1-2H3. The maximum absolute atomic E-state index is 6.24. The van der Waals surface area contributed by atoms with Crippen molar-refractivity contribution in [1.29, 1.82) is 0 Å². The fourth-order valence-electron chi connectivity index (χ4n) is 2.83. The van der Waals surface area contributed by atoms with Crippen molar-refractivity contribution in [3.05, 3.63) is 23.8 Å². The average Bonchev–Trinajstić information content (AvgIpc) is 2.80. The van der Waals surface area contributed by atoms with E-state index in [0.29, 0.717) is 18.5 Å². The van der Waals surface area contributed by atoms with E-state index in [4.69, 9.17) is 19.9 Å². The molecule has 0 aromatic heterocycles. The van der Waals surface area contributed by atoms with E-state index in [0.717, 1.165) is 11.3 Å². The van der Waals surface area contributed by atoms with Gasteiger partial charge in [-0.1, -0.05) is 31.7 Å². The molecule has 21 heavy (non-hydrogen) atoms. The molecule has 4 heteroatoms. The van der Waals surface area contributed by atoms with E-state index < -0.39 is 0 Å². The van der Waals surface area contributed by atoms with Gasteiger partial charge in [0.2, 0.25) is 0 Å². The van der Waals surface area contributed by atoms with Gasteiger partial charge in [-0.25, -0.2) is 0 Å². The molecule has 0 radical (unpaired) electrons. The van der Waals surface area contributed by atoms with Gasteiger partial charge < -0.3 is 19.9 Å². The summed E-state index contributed by atoms with van der Waals surface area (Å²) in [6.45, 7) is 0.556. The molecule has 4 nitrogen and oxygen atoms in total. The molecule has 118 valence electrons. The zero-order chi connectivity index (χ0) is 15.1. The molecule has 1 unspecified atom stereocenters. The Morgan fingerprint density at radius 1 is 1.05 bits per heavy atom. The minimum atomic E-state index is -0.131. The largest absolute Gasteiger partial charge is 0.493 e. The van der Waals surface area contributed by atoms with E-state index in [-0.39, 0.29) is 6.04 Å². The molecule has 1 aliphatic carbocycles. The summed E-state index contributed by atoms with van der Waals surface area (Å²) in [5.74, 6) is 1.43. The number of benzene rings is 1. The lowest BCUT2D eigenvalue weighted by Gasteiger charge is -2.20. The van der Waals surface area contributed by atoms with Crippen molar-refractivity contribution in [2.75, 3.05) is 20.8 Å². The summed E-state index contributed by atoms with van der Waals surface area (Å²) < 4.78 is 16.6. The second kappa shape index (κ2) is 8.25. The number of rotatable bonds is 6. The normalized spacial score (nSPS) is 18.0. The molecule has 0 aliphatic heterocycles. The third-order valence-electron chi connectivity index (χ3n) is 4.15. The Bertz CT molecular complexity index is 428. The smallest absolute Gasteiger partial charge is 0.161 e. The van der Waals surface area contributed by atoms with Gasteiger partial charge in [-0.15, -0.1) is 0 Å². The second-order valence-corrected chi connectivity index (χ2v) is 5.67. The third-order valence-corrected chi connectivity index (χ3v) is 4.15. The summed E-state index contributed by atoms with van der Waals surface area (Å²) in [4.78, 5) is 0. The first-order chi connectivity index (χ1) is 10.2. The second-order valence-electron chi connectivity index (χ2n) is 5.67. The van der Waals surface area contributed by atoms with Crippen LogP contribution in [0.2, 0.25) is 0 Å². The highest BCUT2D eigenvalue weighted by molar-refractivity contribution is 5.43. The van der Waals surface area contributed by atoms with Gasteiger partial charge in [0, 0.05) is 0 Å². The van der Waals surface area contributed by atoms with Crippen LogP contribution in [0.3, 0.4) is 0 Å². The van der Waals surface area contributed by atoms with Crippen LogP contribution in [0.25, 0.3) is 0 Å². The summed E-state index contributed by atoms with van der Waals surface area (Å²) in [6, 6.07) is 5.66. The van der Waals surface area contributed by atoms with Gasteiger partial charge in [0.25, 0.3) is 0 Å². The van der Waals surface area contributed by atoms with Crippen LogP contribution in [0.5, 0.6) is 11.5 Å². The fraction of sp³-hybridized carbons (Fsp3) is 0.647. The van der Waals surface area contributed by atoms with Crippen LogP contribution in [0.15, 0.2) is 18.2 Å². The zero-order valence-electron chi connectivity index (χ0n) is 13.1. The predicted octanol–water partition coefficient (Wildman–Crippen LogP) is 3.44. The highest BCUT2D eigenvalue weighted by Gasteiger charge is 2.16. The average molecular weight is 293 g/mol.